The van der Waals surface area contributed by atoms with Crippen LogP contribution in [0, 0.1) is 0 Å². The van der Waals surface area contributed by atoms with Gasteiger partial charge in [0.1, 0.15) is 0 Å². The number of benzene rings is 7. The molecule has 0 unspecified atom stereocenters. The molecule has 10 aromatic rings. The Morgan fingerprint density at radius 2 is 0.830 bits per heavy atom. The molecular formula is C42H22N4S. The van der Waals surface area contributed by atoms with Gasteiger partial charge in [-0.3, -0.25) is 0 Å². The summed E-state index contributed by atoms with van der Waals surface area (Å²) in [4.78, 5) is 20.7. The van der Waals surface area contributed by atoms with Crippen molar-refractivity contribution >= 4 is 74.9 Å². The number of aromatic nitrogens is 4. The molecule has 0 spiro atoms. The molecule has 0 saturated carbocycles. The third kappa shape index (κ3) is 3.52. The molecule has 0 radical (unpaired) electrons. The summed E-state index contributed by atoms with van der Waals surface area (Å²) < 4.78 is 2.54. The minimum atomic E-state index is 0.665. The van der Waals surface area contributed by atoms with E-state index in [1.807, 2.05) is 11.3 Å². The number of thiophene rings is 1. The molecular weight excluding hydrogens is 593 g/mol. The highest BCUT2D eigenvalue weighted by Gasteiger charge is 2.28. The largest absolute Gasteiger partial charge is 0.227 e. The van der Waals surface area contributed by atoms with Gasteiger partial charge in [-0.05, 0) is 62.6 Å². The summed E-state index contributed by atoms with van der Waals surface area (Å²) in [6.07, 6.45) is 0. The van der Waals surface area contributed by atoms with Crippen molar-refractivity contribution in [3.8, 4) is 45.3 Å². The second-order valence-electron chi connectivity index (χ2n) is 12.2. The van der Waals surface area contributed by atoms with Crippen LogP contribution in [-0.4, -0.2) is 19.9 Å². The fourth-order valence-electron chi connectivity index (χ4n) is 7.49. The summed E-state index contributed by atoms with van der Waals surface area (Å²) >= 11 is 1.81. The quantitative estimate of drug-likeness (QED) is 0.182. The van der Waals surface area contributed by atoms with Gasteiger partial charge in [0, 0.05) is 42.4 Å². The maximum absolute atomic E-state index is 5.21. The van der Waals surface area contributed by atoms with Gasteiger partial charge in [0.25, 0.3) is 0 Å². The lowest BCUT2D eigenvalue weighted by molar-refractivity contribution is 1.16. The van der Waals surface area contributed by atoms with Gasteiger partial charge in [-0.2, -0.15) is 0 Å². The molecule has 11 rings (SSSR count). The van der Waals surface area contributed by atoms with Crippen LogP contribution in [0.1, 0.15) is 0 Å². The van der Waals surface area contributed by atoms with Crippen LogP contribution < -0.4 is 0 Å². The van der Waals surface area contributed by atoms with E-state index in [1.165, 1.54) is 52.5 Å². The Kier molecular flexibility index (Phi) is 4.96. The van der Waals surface area contributed by atoms with E-state index in [0.717, 1.165) is 39.0 Å². The normalized spacial score (nSPS) is 12.3. The zero-order valence-electron chi connectivity index (χ0n) is 24.9. The lowest BCUT2D eigenvalue weighted by Gasteiger charge is -2.12. The van der Waals surface area contributed by atoms with Crippen LogP contribution in [0.25, 0.3) is 109 Å². The first-order chi connectivity index (χ1) is 23.3. The molecule has 216 valence electrons. The molecule has 7 aromatic carbocycles. The molecule has 0 fully saturated rings. The zero-order chi connectivity index (χ0) is 30.6. The van der Waals surface area contributed by atoms with Crippen LogP contribution in [0.3, 0.4) is 0 Å². The summed E-state index contributed by atoms with van der Waals surface area (Å²) in [5, 5.41) is 10.8. The maximum atomic E-state index is 5.21. The van der Waals surface area contributed by atoms with Gasteiger partial charge in [0.05, 0.1) is 16.8 Å². The smallest absolute Gasteiger partial charge is 0.168 e. The van der Waals surface area contributed by atoms with Crippen LogP contribution >= 0.6 is 11.3 Å². The van der Waals surface area contributed by atoms with Gasteiger partial charge in [0.2, 0.25) is 0 Å². The average molecular weight is 615 g/mol. The summed E-state index contributed by atoms with van der Waals surface area (Å²) in [5.74, 6) is 1.34. The Balaban J connectivity index is 1.17. The summed E-state index contributed by atoms with van der Waals surface area (Å²) in [6, 6.07) is 47.4. The third-order valence-corrected chi connectivity index (χ3v) is 10.8. The summed E-state index contributed by atoms with van der Waals surface area (Å²) in [5.41, 5.74) is 6.54. The van der Waals surface area contributed by atoms with Crippen molar-refractivity contribution in [1.29, 1.82) is 0 Å². The summed E-state index contributed by atoms with van der Waals surface area (Å²) in [7, 11) is 0. The molecule has 1 aliphatic carbocycles. The van der Waals surface area contributed by atoms with E-state index in [-0.39, 0.29) is 0 Å². The van der Waals surface area contributed by atoms with Crippen molar-refractivity contribution in [3.05, 3.63) is 133 Å². The molecule has 3 heterocycles. The Bertz CT molecular complexity index is 2940. The molecule has 0 bridgehead atoms. The van der Waals surface area contributed by atoms with Crippen LogP contribution in [0.4, 0.5) is 0 Å². The second kappa shape index (κ2) is 9.25. The van der Waals surface area contributed by atoms with Crippen molar-refractivity contribution in [3.63, 3.8) is 0 Å². The van der Waals surface area contributed by atoms with Gasteiger partial charge in [-0.15, -0.1) is 11.3 Å². The van der Waals surface area contributed by atoms with E-state index in [4.69, 9.17) is 19.9 Å². The van der Waals surface area contributed by atoms with Gasteiger partial charge in [0.15, 0.2) is 17.3 Å². The van der Waals surface area contributed by atoms with E-state index in [2.05, 4.69) is 133 Å². The first-order valence-electron chi connectivity index (χ1n) is 15.7. The van der Waals surface area contributed by atoms with E-state index < -0.39 is 0 Å². The maximum Gasteiger partial charge on any atom is 0.168 e. The molecule has 0 aliphatic heterocycles. The fourth-order valence-corrected chi connectivity index (χ4v) is 8.58. The SMILES string of the molecule is c1ccc2c(c1)-c1nc(-c3ccc4sc5ccccc5c4c3)nc3nc(-c4ccc5c6ccccc6c6ccccc6c5c4)nc-2c13. The van der Waals surface area contributed by atoms with Crippen molar-refractivity contribution in [2.75, 3.05) is 0 Å². The highest BCUT2D eigenvalue weighted by atomic mass is 32.1. The Labute approximate surface area is 272 Å². The van der Waals surface area contributed by atoms with Crippen molar-refractivity contribution in [2.45, 2.75) is 0 Å². The Hall–Kier alpha value is -6.04. The molecule has 0 saturated heterocycles. The number of fused-ring (bicyclic) bond motifs is 12. The minimum Gasteiger partial charge on any atom is -0.227 e. The lowest BCUT2D eigenvalue weighted by atomic mass is 9.93. The molecule has 0 amide bonds. The van der Waals surface area contributed by atoms with Crippen molar-refractivity contribution < 1.29 is 0 Å². The lowest BCUT2D eigenvalue weighted by Crippen LogP contribution is -1.98. The molecule has 0 atom stereocenters. The molecule has 3 aromatic heterocycles. The van der Waals surface area contributed by atoms with E-state index >= 15 is 0 Å². The first-order valence-corrected chi connectivity index (χ1v) is 16.5. The number of hydrogen-bond acceptors (Lipinski definition) is 5. The van der Waals surface area contributed by atoms with Crippen LogP contribution in [0.2, 0.25) is 0 Å². The van der Waals surface area contributed by atoms with Gasteiger partial charge < -0.3 is 0 Å². The van der Waals surface area contributed by atoms with Crippen molar-refractivity contribution in [1.82, 2.24) is 19.9 Å². The zero-order valence-corrected chi connectivity index (χ0v) is 25.7. The van der Waals surface area contributed by atoms with Crippen LogP contribution in [0.15, 0.2) is 133 Å². The average Bonchev–Trinajstić information content (AvgIpc) is 3.67. The van der Waals surface area contributed by atoms with Crippen LogP contribution in [0.5, 0.6) is 0 Å². The highest BCUT2D eigenvalue weighted by molar-refractivity contribution is 7.25. The van der Waals surface area contributed by atoms with Crippen molar-refractivity contribution in [2.24, 2.45) is 0 Å². The Morgan fingerprint density at radius 1 is 0.362 bits per heavy atom. The minimum absolute atomic E-state index is 0.665. The molecule has 5 heteroatoms. The van der Waals surface area contributed by atoms with Gasteiger partial charge >= 0.3 is 0 Å². The summed E-state index contributed by atoms with van der Waals surface area (Å²) in [6.45, 7) is 0. The van der Waals surface area contributed by atoms with Crippen LogP contribution in [-0.2, 0) is 0 Å². The first kappa shape index (κ1) is 25.2. The predicted molar refractivity (Wildman–Crippen MR) is 196 cm³/mol. The topological polar surface area (TPSA) is 51.6 Å². The molecule has 1 aliphatic rings. The standard InChI is InChI=1S/C42H22N4S/c1-2-11-27-25(9-1)26-10-3-4-12-28(26)33-21-23(17-19-29(27)33)40-43-38-31-14-5-6-15-32(31)39-37(38)42(45-40)46-41(44-39)24-18-20-36-34(22-24)30-13-7-8-16-35(30)47-36/h1-22H. The number of rotatable bonds is 2. The van der Waals surface area contributed by atoms with Gasteiger partial charge in [-0.25, -0.2) is 19.9 Å². The predicted octanol–water partition coefficient (Wildman–Crippen LogP) is 11.2. The van der Waals surface area contributed by atoms with E-state index in [9.17, 15) is 0 Å². The van der Waals surface area contributed by atoms with Gasteiger partial charge in [-0.1, -0.05) is 103 Å². The number of nitrogens with zero attached hydrogens (tertiary/aromatic N) is 4. The second-order valence-corrected chi connectivity index (χ2v) is 13.3. The molecule has 0 N–H and O–H groups in total. The van der Waals surface area contributed by atoms with E-state index in [1.54, 1.807) is 0 Å². The fraction of sp³-hybridized carbons (Fsp3) is 0. The monoisotopic (exact) mass is 614 g/mol. The molecule has 4 nitrogen and oxygen atoms in total. The molecule has 47 heavy (non-hydrogen) atoms. The Morgan fingerprint density at radius 3 is 1.47 bits per heavy atom. The highest BCUT2D eigenvalue weighted by Crippen LogP contribution is 2.46. The van der Waals surface area contributed by atoms with E-state index in [0.29, 0.717) is 17.3 Å². The third-order valence-electron chi connectivity index (χ3n) is 9.63. The number of hydrogen-bond donors (Lipinski definition) is 0.